The minimum Gasteiger partial charge on any atom is -0.490 e. The molecule has 3 heterocycles. The molecule has 0 amide bonds. The first kappa shape index (κ1) is 21.6. The Hall–Kier alpha value is -3.62. The lowest BCUT2D eigenvalue weighted by molar-refractivity contribution is -0.139. The van der Waals surface area contributed by atoms with E-state index in [1.54, 1.807) is 18.3 Å². The molecule has 1 saturated heterocycles. The van der Waals surface area contributed by atoms with Gasteiger partial charge in [-0.3, -0.25) is 0 Å². The number of hydrogen-bond acceptors (Lipinski definition) is 5. The van der Waals surface area contributed by atoms with Crippen molar-refractivity contribution in [3.05, 3.63) is 72.1 Å². The van der Waals surface area contributed by atoms with E-state index >= 15 is 0 Å². The summed E-state index contributed by atoms with van der Waals surface area (Å²) >= 11 is 0. The zero-order valence-electron chi connectivity index (χ0n) is 16.9. The quantitative estimate of drug-likeness (QED) is 0.604. The molecule has 6 nitrogen and oxygen atoms in total. The standard InChI is InChI=1S/C23H20F3N3O3/c24-23(25,26)17-4-1-2-7-20(17)32-16-10-12-29(13-11-16)21-9-8-15(14-27-21)18-5-3-6-19(28-18)22(30)31/h1-9,14,16H,10-13H2,(H,30,31). The van der Waals surface area contributed by atoms with Crippen LogP contribution in [0.4, 0.5) is 19.0 Å². The van der Waals surface area contributed by atoms with Crippen molar-refractivity contribution in [3.8, 4) is 17.0 Å². The molecule has 0 unspecified atom stereocenters. The fraction of sp³-hybridized carbons (Fsp3) is 0.261. The van der Waals surface area contributed by atoms with E-state index in [4.69, 9.17) is 9.84 Å². The summed E-state index contributed by atoms with van der Waals surface area (Å²) in [5.74, 6) is -0.506. The van der Waals surface area contributed by atoms with Crippen LogP contribution in [0.2, 0.25) is 0 Å². The number of alkyl halides is 3. The van der Waals surface area contributed by atoms with Gasteiger partial charge in [0, 0.05) is 37.7 Å². The summed E-state index contributed by atoms with van der Waals surface area (Å²) in [6, 6.07) is 13.7. The number of halogens is 3. The molecular formula is C23H20F3N3O3. The van der Waals surface area contributed by atoms with Gasteiger partial charge in [-0.15, -0.1) is 0 Å². The number of carboxylic acids is 1. The van der Waals surface area contributed by atoms with Crippen molar-refractivity contribution in [2.45, 2.75) is 25.1 Å². The Morgan fingerprint density at radius 2 is 1.78 bits per heavy atom. The van der Waals surface area contributed by atoms with Crippen molar-refractivity contribution in [1.29, 1.82) is 0 Å². The number of pyridine rings is 2. The summed E-state index contributed by atoms with van der Waals surface area (Å²) in [6.45, 7) is 1.19. The van der Waals surface area contributed by atoms with Gasteiger partial charge in [0.15, 0.2) is 0 Å². The summed E-state index contributed by atoms with van der Waals surface area (Å²) < 4.78 is 45.2. The van der Waals surface area contributed by atoms with Crippen LogP contribution in [0.25, 0.3) is 11.3 Å². The van der Waals surface area contributed by atoms with Crippen LogP contribution in [0.15, 0.2) is 60.8 Å². The first-order chi connectivity index (χ1) is 15.3. The summed E-state index contributed by atoms with van der Waals surface area (Å²) in [5, 5.41) is 9.09. The van der Waals surface area contributed by atoms with Crippen molar-refractivity contribution in [2.24, 2.45) is 0 Å². The van der Waals surface area contributed by atoms with Gasteiger partial charge < -0.3 is 14.7 Å². The van der Waals surface area contributed by atoms with Gasteiger partial charge in [0.1, 0.15) is 23.4 Å². The molecule has 0 saturated carbocycles. The zero-order valence-corrected chi connectivity index (χ0v) is 16.9. The zero-order chi connectivity index (χ0) is 22.7. The molecule has 1 fully saturated rings. The lowest BCUT2D eigenvalue weighted by Crippen LogP contribution is -2.38. The van der Waals surface area contributed by atoms with Gasteiger partial charge in [0.2, 0.25) is 0 Å². The fourth-order valence-corrected chi connectivity index (χ4v) is 3.63. The minimum atomic E-state index is -4.46. The third-order valence-corrected chi connectivity index (χ3v) is 5.26. The number of rotatable bonds is 5. The first-order valence-corrected chi connectivity index (χ1v) is 10.1. The lowest BCUT2D eigenvalue weighted by atomic mass is 10.1. The molecule has 1 N–H and O–H groups in total. The van der Waals surface area contributed by atoms with Gasteiger partial charge >= 0.3 is 12.1 Å². The summed E-state index contributed by atoms with van der Waals surface area (Å²) in [5.41, 5.74) is 0.402. The average Bonchev–Trinajstić information content (AvgIpc) is 2.79. The molecule has 0 radical (unpaired) electrons. The van der Waals surface area contributed by atoms with Crippen LogP contribution in [-0.4, -0.2) is 40.2 Å². The van der Waals surface area contributed by atoms with Gasteiger partial charge in [0.05, 0.1) is 11.3 Å². The third-order valence-electron chi connectivity index (χ3n) is 5.26. The predicted octanol–water partition coefficient (Wildman–Crippen LogP) is 4.91. The predicted molar refractivity (Wildman–Crippen MR) is 112 cm³/mol. The molecular weight excluding hydrogens is 423 g/mol. The lowest BCUT2D eigenvalue weighted by Gasteiger charge is -2.33. The molecule has 0 bridgehead atoms. The Kier molecular flexibility index (Phi) is 5.98. The van der Waals surface area contributed by atoms with Gasteiger partial charge in [0.25, 0.3) is 0 Å². The molecule has 0 aliphatic carbocycles. The highest BCUT2D eigenvalue weighted by Crippen LogP contribution is 2.37. The second-order valence-corrected chi connectivity index (χ2v) is 7.42. The second-order valence-electron chi connectivity index (χ2n) is 7.42. The van der Waals surface area contributed by atoms with E-state index in [0.717, 1.165) is 11.9 Å². The Morgan fingerprint density at radius 3 is 2.44 bits per heavy atom. The van der Waals surface area contributed by atoms with E-state index < -0.39 is 17.7 Å². The summed E-state index contributed by atoms with van der Waals surface area (Å²) in [7, 11) is 0. The molecule has 2 aromatic heterocycles. The molecule has 9 heteroatoms. The highest BCUT2D eigenvalue weighted by Gasteiger charge is 2.35. The van der Waals surface area contributed by atoms with E-state index in [1.165, 1.54) is 24.3 Å². The maximum atomic E-state index is 13.2. The van der Waals surface area contributed by atoms with Crippen LogP contribution in [0, 0.1) is 0 Å². The highest BCUT2D eigenvalue weighted by molar-refractivity contribution is 5.86. The van der Waals surface area contributed by atoms with Crippen molar-refractivity contribution in [2.75, 3.05) is 18.0 Å². The normalized spacial score (nSPS) is 14.9. The van der Waals surface area contributed by atoms with Crippen LogP contribution in [-0.2, 0) is 6.18 Å². The molecule has 1 aromatic carbocycles. The third kappa shape index (κ3) is 4.82. The largest absolute Gasteiger partial charge is 0.490 e. The summed E-state index contributed by atoms with van der Waals surface area (Å²) in [6.07, 6.45) is -2.00. The molecule has 0 spiro atoms. The maximum absolute atomic E-state index is 13.2. The number of piperidine rings is 1. The van der Waals surface area contributed by atoms with Crippen LogP contribution in [0.3, 0.4) is 0 Å². The molecule has 32 heavy (non-hydrogen) atoms. The monoisotopic (exact) mass is 443 g/mol. The van der Waals surface area contributed by atoms with E-state index in [9.17, 15) is 18.0 Å². The second kappa shape index (κ2) is 8.86. The fourth-order valence-electron chi connectivity index (χ4n) is 3.63. The smallest absolute Gasteiger partial charge is 0.419 e. The van der Waals surface area contributed by atoms with Gasteiger partial charge in [-0.2, -0.15) is 13.2 Å². The van der Waals surface area contributed by atoms with E-state index in [-0.39, 0.29) is 17.5 Å². The van der Waals surface area contributed by atoms with E-state index in [0.29, 0.717) is 37.2 Å². The number of carboxylic acid groups (broad SMARTS) is 1. The number of hydrogen-bond donors (Lipinski definition) is 1. The number of para-hydroxylation sites is 1. The SMILES string of the molecule is O=C(O)c1cccc(-c2ccc(N3CCC(Oc4ccccc4C(F)(F)F)CC3)nc2)n1. The highest BCUT2D eigenvalue weighted by atomic mass is 19.4. The van der Waals surface area contributed by atoms with E-state index in [2.05, 4.69) is 9.97 Å². The Balaban J connectivity index is 1.39. The number of carbonyl (C=O) groups is 1. The number of nitrogens with zero attached hydrogens (tertiary/aromatic N) is 3. The maximum Gasteiger partial charge on any atom is 0.419 e. The molecule has 166 valence electrons. The Bertz CT molecular complexity index is 1100. The van der Waals surface area contributed by atoms with Crippen molar-refractivity contribution >= 4 is 11.8 Å². The molecule has 4 rings (SSSR count). The molecule has 1 aliphatic rings. The molecule has 0 atom stereocenters. The molecule has 1 aliphatic heterocycles. The number of anilines is 1. The van der Waals surface area contributed by atoms with Gasteiger partial charge in [-0.05, 0) is 36.4 Å². The van der Waals surface area contributed by atoms with Crippen molar-refractivity contribution in [1.82, 2.24) is 9.97 Å². The van der Waals surface area contributed by atoms with Crippen LogP contribution in [0.5, 0.6) is 5.75 Å². The minimum absolute atomic E-state index is 0.0410. The van der Waals surface area contributed by atoms with Gasteiger partial charge in [-0.1, -0.05) is 18.2 Å². The van der Waals surface area contributed by atoms with Crippen molar-refractivity contribution in [3.63, 3.8) is 0 Å². The Morgan fingerprint density at radius 1 is 1.03 bits per heavy atom. The van der Waals surface area contributed by atoms with Crippen LogP contribution >= 0.6 is 0 Å². The first-order valence-electron chi connectivity index (χ1n) is 10.1. The van der Waals surface area contributed by atoms with Crippen LogP contribution in [0.1, 0.15) is 28.9 Å². The van der Waals surface area contributed by atoms with Crippen LogP contribution < -0.4 is 9.64 Å². The Labute approximate surface area is 182 Å². The number of ether oxygens (including phenoxy) is 1. The number of benzene rings is 1. The number of aromatic nitrogens is 2. The molecule has 3 aromatic rings. The van der Waals surface area contributed by atoms with Gasteiger partial charge in [-0.25, -0.2) is 14.8 Å². The van der Waals surface area contributed by atoms with Crippen molar-refractivity contribution < 1.29 is 27.8 Å². The topological polar surface area (TPSA) is 75.5 Å². The van der Waals surface area contributed by atoms with E-state index in [1.807, 2.05) is 17.0 Å². The number of aromatic carboxylic acids is 1. The summed E-state index contributed by atoms with van der Waals surface area (Å²) in [4.78, 5) is 21.7. The average molecular weight is 443 g/mol.